The van der Waals surface area contributed by atoms with Gasteiger partial charge in [-0.15, -0.1) is 6.58 Å². The topological polar surface area (TPSA) is 0 Å². The van der Waals surface area contributed by atoms with Gasteiger partial charge in [-0.25, -0.2) is 0 Å². The minimum atomic E-state index is 0.632. The maximum Gasteiger partial charge on any atom is -0.0136 e. The highest BCUT2D eigenvalue weighted by Gasteiger charge is 2.45. The Labute approximate surface area is 133 Å². The van der Waals surface area contributed by atoms with Gasteiger partial charge in [0.25, 0.3) is 0 Å². The highest BCUT2D eigenvalue weighted by Crippen LogP contribution is 2.54. The lowest BCUT2D eigenvalue weighted by Crippen LogP contribution is -2.42. The second kappa shape index (κ2) is 8.61. The van der Waals surface area contributed by atoms with Crippen molar-refractivity contribution in [2.24, 2.45) is 29.6 Å². The van der Waals surface area contributed by atoms with E-state index in [4.69, 9.17) is 0 Å². The summed E-state index contributed by atoms with van der Waals surface area (Å²) in [6, 6.07) is 0. The maximum absolute atomic E-state index is 4.50. The van der Waals surface area contributed by atoms with Crippen molar-refractivity contribution >= 4 is 0 Å². The molecule has 0 spiro atoms. The Bertz CT molecular complexity index is 362. The summed E-state index contributed by atoms with van der Waals surface area (Å²) in [4.78, 5) is 0. The van der Waals surface area contributed by atoms with Crippen molar-refractivity contribution in [3.8, 4) is 0 Å². The quantitative estimate of drug-likeness (QED) is 0.499. The molecular weight excluding hydrogens is 252 g/mol. The molecule has 2 aliphatic rings. The lowest BCUT2D eigenvalue weighted by molar-refractivity contribution is 0.0858. The molecule has 0 aromatic rings. The van der Waals surface area contributed by atoms with Crippen LogP contribution in [0.5, 0.6) is 0 Å². The molecule has 0 heterocycles. The van der Waals surface area contributed by atoms with Crippen molar-refractivity contribution < 1.29 is 0 Å². The molecule has 0 radical (unpaired) electrons. The molecule has 2 saturated carbocycles. The number of fused-ring (bicyclic) bond motifs is 1. The van der Waals surface area contributed by atoms with Gasteiger partial charge < -0.3 is 0 Å². The number of hydrogen-bond donors (Lipinski definition) is 0. The normalized spacial score (nSPS) is 35.5. The zero-order valence-corrected chi connectivity index (χ0v) is 14.8. The third-order valence-electron chi connectivity index (χ3n) is 5.65. The Balaban J connectivity index is 0.00000106. The fourth-order valence-electron chi connectivity index (χ4n) is 4.77. The van der Waals surface area contributed by atoms with Crippen molar-refractivity contribution in [1.29, 1.82) is 0 Å². The summed E-state index contributed by atoms with van der Waals surface area (Å²) in [5.41, 5.74) is 2.99. The lowest BCUT2D eigenvalue weighted by atomic mass is 9.54. The summed E-state index contributed by atoms with van der Waals surface area (Å²) in [5, 5.41) is 0. The van der Waals surface area contributed by atoms with E-state index in [1.807, 2.05) is 13.8 Å². The maximum atomic E-state index is 4.50. The van der Waals surface area contributed by atoms with E-state index in [0.29, 0.717) is 11.8 Å². The standard InChI is InChI=1S/C19H30.C2H6/c1-6-9-17-14(5)15(7-2)16(8-3)19-12-13(4)10-11-18(17)19;1-2/h8,15-19H,3-7,9-12H2,1-2H3;1-2H3/t15?,16-,17+,18?,19?;/m0./s1. The monoisotopic (exact) mass is 288 g/mol. The molecule has 2 aliphatic carbocycles. The third kappa shape index (κ3) is 3.71. The third-order valence-corrected chi connectivity index (χ3v) is 5.65. The molecule has 3 unspecified atom stereocenters. The van der Waals surface area contributed by atoms with Crippen LogP contribution in [0.25, 0.3) is 0 Å². The van der Waals surface area contributed by atoms with Crippen LogP contribution >= 0.6 is 0 Å². The van der Waals surface area contributed by atoms with Crippen LogP contribution in [0, 0.1) is 29.6 Å². The first kappa shape index (κ1) is 18.3. The first-order chi connectivity index (χ1) is 10.1. The van der Waals surface area contributed by atoms with Crippen molar-refractivity contribution in [3.05, 3.63) is 37.0 Å². The zero-order chi connectivity index (χ0) is 16.0. The van der Waals surface area contributed by atoms with Crippen molar-refractivity contribution in [3.63, 3.8) is 0 Å². The minimum Gasteiger partial charge on any atom is -0.103 e. The smallest absolute Gasteiger partial charge is 0.0136 e. The predicted molar refractivity (Wildman–Crippen MR) is 96.3 cm³/mol. The highest BCUT2D eigenvalue weighted by molar-refractivity contribution is 5.21. The second-order valence-electron chi connectivity index (χ2n) is 6.62. The summed E-state index contributed by atoms with van der Waals surface area (Å²) in [6.45, 7) is 21.5. The fraction of sp³-hybridized carbons (Fsp3) is 0.714. The van der Waals surface area contributed by atoms with E-state index in [9.17, 15) is 0 Å². The fourth-order valence-corrected chi connectivity index (χ4v) is 4.77. The van der Waals surface area contributed by atoms with E-state index < -0.39 is 0 Å². The highest BCUT2D eigenvalue weighted by atomic mass is 14.5. The SMILES string of the molecule is C=C[C@H]1C(CC)C(=C)[C@@H](CCC)C2CCC(=C)CC21.CC. The van der Waals surface area contributed by atoms with Gasteiger partial charge in [0.2, 0.25) is 0 Å². The van der Waals surface area contributed by atoms with Crippen LogP contribution in [0.2, 0.25) is 0 Å². The van der Waals surface area contributed by atoms with Gasteiger partial charge in [-0.3, -0.25) is 0 Å². The summed E-state index contributed by atoms with van der Waals surface area (Å²) in [7, 11) is 0. The van der Waals surface area contributed by atoms with E-state index in [0.717, 1.165) is 17.8 Å². The van der Waals surface area contributed by atoms with E-state index in [-0.39, 0.29) is 0 Å². The van der Waals surface area contributed by atoms with Gasteiger partial charge in [-0.2, -0.15) is 0 Å². The van der Waals surface area contributed by atoms with Gasteiger partial charge in [0.15, 0.2) is 0 Å². The largest absolute Gasteiger partial charge is 0.103 e. The van der Waals surface area contributed by atoms with Crippen LogP contribution < -0.4 is 0 Å². The number of allylic oxidation sites excluding steroid dienone is 3. The predicted octanol–water partition coefficient (Wildman–Crippen LogP) is 6.80. The lowest BCUT2D eigenvalue weighted by Gasteiger charge is -2.51. The van der Waals surface area contributed by atoms with E-state index in [1.165, 1.54) is 49.7 Å². The molecule has 0 nitrogen and oxygen atoms in total. The van der Waals surface area contributed by atoms with Gasteiger partial charge in [-0.1, -0.05) is 64.5 Å². The number of rotatable bonds is 4. The van der Waals surface area contributed by atoms with Gasteiger partial charge in [0.1, 0.15) is 0 Å². The van der Waals surface area contributed by atoms with Crippen LogP contribution in [0.15, 0.2) is 37.0 Å². The first-order valence-electron chi connectivity index (χ1n) is 9.11. The van der Waals surface area contributed by atoms with Crippen molar-refractivity contribution in [1.82, 2.24) is 0 Å². The molecule has 21 heavy (non-hydrogen) atoms. The Morgan fingerprint density at radius 2 is 1.76 bits per heavy atom. The molecule has 0 amide bonds. The van der Waals surface area contributed by atoms with Crippen molar-refractivity contribution in [2.45, 2.75) is 66.2 Å². The van der Waals surface area contributed by atoms with Crippen LogP contribution in [0.3, 0.4) is 0 Å². The van der Waals surface area contributed by atoms with Gasteiger partial charge >= 0.3 is 0 Å². The minimum absolute atomic E-state index is 0.632. The molecule has 120 valence electrons. The molecule has 0 N–H and O–H groups in total. The molecule has 0 aromatic carbocycles. The Morgan fingerprint density at radius 1 is 1.10 bits per heavy atom. The van der Waals surface area contributed by atoms with Crippen molar-refractivity contribution in [2.75, 3.05) is 0 Å². The van der Waals surface area contributed by atoms with E-state index in [1.54, 1.807) is 0 Å². The molecular formula is C21H36. The average Bonchev–Trinajstić information content (AvgIpc) is 2.51. The zero-order valence-electron chi connectivity index (χ0n) is 14.8. The van der Waals surface area contributed by atoms with Crippen LogP contribution in [-0.4, -0.2) is 0 Å². The average molecular weight is 289 g/mol. The summed E-state index contributed by atoms with van der Waals surface area (Å²) in [5.74, 6) is 3.66. The molecule has 5 atom stereocenters. The van der Waals surface area contributed by atoms with E-state index >= 15 is 0 Å². The van der Waals surface area contributed by atoms with Gasteiger partial charge in [-0.05, 0) is 61.7 Å². The second-order valence-corrected chi connectivity index (χ2v) is 6.62. The first-order valence-corrected chi connectivity index (χ1v) is 9.11. The molecule has 0 saturated heterocycles. The van der Waals surface area contributed by atoms with E-state index in [2.05, 4.69) is 39.7 Å². The Kier molecular flexibility index (Phi) is 7.49. The molecule has 2 fully saturated rings. The van der Waals surface area contributed by atoms with Crippen LogP contribution in [0.4, 0.5) is 0 Å². The van der Waals surface area contributed by atoms with Gasteiger partial charge in [0, 0.05) is 0 Å². The number of hydrogen-bond acceptors (Lipinski definition) is 0. The molecule has 0 bridgehead atoms. The summed E-state index contributed by atoms with van der Waals surface area (Å²) >= 11 is 0. The summed E-state index contributed by atoms with van der Waals surface area (Å²) < 4.78 is 0. The Hall–Kier alpha value is -0.780. The van der Waals surface area contributed by atoms with Crippen LogP contribution in [0.1, 0.15) is 66.2 Å². The molecule has 2 rings (SSSR count). The molecule has 0 heteroatoms. The summed E-state index contributed by atoms with van der Waals surface area (Å²) in [6.07, 6.45) is 9.83. The molecule has 0 aliphatic heterocycles. The van der Waals surface area contributed by atoms with Crippen LogP contribution in [-0.2, 0) is 0 Å². The Morgan fingerprint density at radius 3 is 2.29 bits per heavy atom. The van der Waals surface area contributed by atoms with Gasteiger partial charge in [0.05, 0.1) is 0 Å². The molecule has 0 aromatic heterocycles.